The molecular weight excluding hydrogens is 490 g/mol. The van der Waals surface area contributed by atoms with Crippen molar-refractivity contribution in [3.63, 3.8) is 0 Å². The van der Waals surface area contributed by atoms with Gasteiger partial charge in [-0.05, 0) is 28.5 Å². The van der Waals surface area contributed by atoms with Crippen LogP contribution in [0.1, 0.15) is 43.5 Å². The van der Waals surface area contributed by atoms with Crippen molar-refractivity contribution in [3.8, 4) is 0 Å². The van der Waals surface area contributed by atoms with E-state index in [0.717, 1.165) is 31.6 Å². The molecular formula is C31H39N5O3. The molecule has 3 aliphatic rings. The molecule has 1 fully saturated rings. The highest BCUT2D eigenvalue weighted by Gasteiger charge is 2.43. The van der Waals surface area contributed by atoms with E-state index in [2.05, 4.69) is 67.4 Å². The van der Waals surface area contributed by atoms with Gasteiger partial charge in [-0.2, -0.15) is 0 Å². The second-order valence-electron chi connectivity index (χ2n) is 11.8. The van der Waals surface area contributed by atoms with Gasteiger partial charge in [0.15, 0.2) is 0 Å². The molecule has 1 N–H and O–H groups in total. The Balaban J connectivity index is 1.21. The maximum Gasteiger partial charge on any atom is 0.322 e. The van der Waals surface area contributed by atoms with Gasteiger partial charge in [-0.25, -0.2) is 4.79 Å². The van der Waals surface area contributed by atoms with Crippen molar-refractivity contribution in [1.82, 2.24) is 24.9 Å². The van der Waals surface area contributed by atoms with Crippen molar-refractivity contribution < 1.29 is 14.4 Å². The normalized spacial score (nSPS) is 20.4. The Morgan fingerprint density at radius 2 is 1.62 bits per heavy atom. The van der Waals surface area contributed by atoms with E-state index in [0.29, 0.717) is 24.4 Å². The van der Waals surface area contributed by atoms with Crippen LogP contribution in [0.5, 0.6) is 0 Å². The molecule has 4 amide bonds. The lowest BCUT2D eigenvalue weighted by Gasteiger charge is -2.35. The van der Waals surface area contributed by atoms with Crippen LogP contribution < -0.4 is 5.32 Å². The van der Waals surface area contributed by atoms with E-state index in [-0.39, 0.29) is 36.3 Å². The number of hydrogen-bond donors (Lipinski definition) is 1. The molecule has 0 spiro atoms. The maximum absolute atomic E-state index is 13.6. The summed E-state index contributed by atoms with van der Waals surface area (Å²) < 4.78 is 0. The molecule has 8 nitrogen and oxygen atoms in total. The van der Waals surface area contributed by atoms with E-state index in [1.807, 2.05) is 23.1 Å². The van der Waals surface area contributed by atoms with E-state index >= 15 is 0 Å². The van der Waals surface area contributed by atoms with Crippen molar-refractivity contribution in [2.45, 2.75) is 38.6 Å². The highest BCUT2D eigenvalue weighted by atomic mass is 16.2. The van der Waals surface area contributed by atoms with Crippen molar-refractivity contribution in [3.05, 3.63) is 82.6 Å². The molecule has 0 saturated carbocycles. The summed E-state index contributed by atoms with van der Waals surface area (Å²) in [4.78, 5) is 46.9. The Bertz CT molecular complexity index is 1260. The summed E-state index contributed by atoms with van der Waals surface area (Å²) in [5.74, 6) is -0.226. The van der Waals surface area contributed by atoms with Gasteiger partial charge in [-0.15, -0.1) is 0 Å². The van der Waals surface area contributed by atoms with Gasteiger partial charge >= 0.3 is 6.03 Å². The summed E-state index contributed by atoms with van der Waals surface area (Å²) in [6, 6.07) is 17.8. The molecule has 5 rings (SSSR count). The molecule has 1 saturated heterocycles. The summed E-state index contributed by atoms with van der Waals surface area (Å²) >= 11 is 0. The third-order valence-corrected chi connectivity index (χ3v) is 8.16. The third-order valence-electron chi connectivity index (χ3n) is 8.16. The fourth-order valence-corrected chi connectivity index (χ4v) is 5.59. The fourth-order valence-electron chi connectivity index (χ4n) is 5.59. The van der Waals surface area contributed by atoms with Crippen molar-refractivity contribution in [2.24, 2.45) is 0 Å². The Hall–Kier alpha value is -3.65. The topological polar surface area (TPSA) is 76.2 Å². The highest BCUT2D eigenvalue weighted by molar-refractivity contribution is 6.02. The minimum absolute atomic E-state index is 0.00665. The molecule has 0 unspecified atom stereocenters. The third kappa shape index (κ3) is 5.71. The summed E-state index contributed by atoms with van der Waals surface area (Å²) in [7, 11) is 1.68. The lowest BCUT2D eigenvalue weighted by molar-refractivity contribution is -0.138. The highest BCUT2D eigenvalue weighted by Crippen LogP contribution is 2.36. The molecule has 2 aromatic rings. The maximum atomic E-state index is 13.6. The minimum Gasteiger partial charge on any atom is -0.339 e. The van der Waals surface area contributed by atoms with Crippen molar-refractivity contribution in [2.75, 3.05) is 52.9 Å². The van der Waals surface area contributed by atoms with Crippen LogP contribution >= 0.6 is 0 Å². The Labute approximate surface area is 231 Å². The van der Waals surface area contributed by atoms with Crippen LogP contribution in [0, 0.1) is 0 Å². The predicted molar refractivity (Wildman–Crippen MR) is 151 cm³/mol. The first-order valence-corrected chi connectivity index (χ1v) is 13.8. The first kappa shape index (κ1) is 26.9. The number of carbonyl (C=O) groups excluding carboxylic acids is 3. The van der Waals surface area contributed by atoms with Crippen molar-refractivity contribution in [1.29, 1.82) is 0 Å². The zero-order chi connectivity index (χ0) is 27.7. The number of benzene rings is 2. The van der Waals surface area contributed by atoms with Gasteiger partial charge in [-0.1, -0.05) is 75.4 Å². The lowest BCUT2D eigenvalue weighted by atomic mass is 9.85. The van der Waals surface area contributed by atoms with Crippen LogP contribution in [-0.2, 0) is 21.4 Å². The van der Waals surface area contributed by atoms with Crippen LogP contribution in [0.15, 0.2) is 65.9 Å². The number of nitrogens with zero attached hydrogens (tertiary/aromatic N) is 4. The number of nitrogens with one attached hydrogen (secondary N) is 1. The number of rotatable bonds is 6. The number of urea groups is 1. The van der Waals surface area contributed by atoms with Crippen LogP contribution in [0.4, 0.5) is 4.79 Å². The number of hydrogen-bond acceptors (Lipinski definition) is 4. The number of likely N-dealkylation sites (N-methyl/N-ethyl adjacent to an activating group) is 1. The minimum atomic E-state index is -0.529. The molecule has 0 aromatic heterocycles. The van der Waals surface area contributed by atoms with Crippen LogP contribution in [0.3, 0.4) is 0 Å². The second-order valence-corrected chi connectivity index (χ2v) is 11.8. The molecule has 206 valence electrons. The van der Waals surface area contributed by atoms with Crippen LogP contribution in [0.2, 0.25) is 0 Å². The number of carbonyl (C=O) groups is 3. The molecule has 3 aliphatic heterocycles. The van der Waals surface area contributed by atoms with Crippen LogP contribution in [-0.4, -0.2) is 90.3 Å². The van der Waals surface area contributed by atoms with E-state index in [1.165, 1.54) is 16.0 Å². The van der Waals surface area contributed by atoms with E-state index in [9.17, 15) is 14.4 Å². The molecule has 1 atom stereocenters. The molecule has 0 bridgehead atoms. The Morgan fingerprint density at radius 1 is 0.949 bits per heavy atom. The Kier molecular flexibility index (Phi) is 7.49. The standard InChI is InChI=1S/C31H39N5O3/c1-31(2,3)24-12-10-23(11-13-24)28-27-25(33(4)30(39)32-28)20-36(29(27)38)21-26(37)35-18-16-34(17-19-35)15-14-22-8-6-5-7-9-22/h5-13,28H,14-21H2,1-4H3,(H,32,39)/t28-/m1/s1. The summed E-state index contributed by atoms with van der Waals surface area (Å²) in [5, 5.41) is 2.99. The van der Waals surface area contributed by atoms with Gasteiger partial charge in [0.25, 0.3) is 5.91 Å². The van der Waals surface area contributed by atoms with Crippen LogP contribution in [0.25, 0.3) is 0 Å². The van der Waals surface area contributed by atoms with Gasteiger partial charge in [0.2, 0.25) is 5.91 Å². The van der Waals surface area contributed by atoms with E-state index in [1.54, 1.807) is 11.9 Å². The molecule has 3 heterocycles. The van der Waals surface area contributed by atoms with Gasteiger partial charge in [-0.3, -0.25) is 19.4 Å². The van der Waals surface area contributed by atoms with Gasteiger partial charge < -0.3 is 15.1 Å². The summed E-state index contributed by atoms with van der Waals surface area (Å²) in [5.41, 5.74) is 4.61. The van der Waals surface area contributed by atoms with Gasteiger partial charge in [0, 0.05) is 39.8 Å². The van der Waals surface area contributed by atoms with Crippen molar-refractivity contribution >= 4 is 17.8 Å². The lowest BCUT2D eigenvalue weighted by Crippen LogP contribution is -2.51. The first-order valence-electron chi connectivity index (χ1n) is 13.8. The quantitative estimate of drug-likeness (QED) is 0.624. The average Bonchev–Trinajstić information content (AvgIpc) is 3.26. The molecule has 8 heteroatoms. The summed E-state index contributed by atoms with van der Waals surface area (Å²) in [6.07, 6.45) is 0.995. The second kappa shape index (κ2) is 10.8. The van der Waals surface area contributed by atoms with E-state index in [4.69, 9.17) is 0 Å². The summed E-state index contributed by atoms with van der Waals surface area (Å²) in [6.45, 7) is 10.7. The van der Waals surface area contributed by atoms with Gasteiger partial charge in [0.05, 0.1) is 23.9 Å². The molecule has 2 aromatic carbocycles. The zero-order valence-electron chi connectivity index (χ0n) is 23.4. The zero-order valence-corrected chi connectivity index (χ0v) is 23.4. The number of amides is 4. The smallest absolute Gasteiger partial charge is 0.322 e. The monoisotopic (exact) mass is 529 g/mol. The first-order chi connectivity index (χ1) is 18.6. The van der Waals surface area contributed by atoms with Gasteiger partial charge in [0.1, 0.15) is 6.54 Å². The molecule has 0 aliphatic carbocycles. The fraction of sp³-hybridized carbons (Fsp3) is 0.452. The molecule has 39 heavy (non-hydrogen) atoms. The Morgan fingerprint density at radius 3 is 2.26 bits per heavy atom. The predicted octanol–water partition coefficient (Wildman–Crippen LogP) is 3.16. The number of piperazine rings is 1. The van der Waals surface area contributed by atoms with E-state index < -0.39 is 6.04 Å². The molecule has 0 radical (unpaired) electrons. The largest absolute Gasteiger partial charge is 0.339 e. The SMILES string of the molecule is CN1C(=O)N[C@H](c2ccc(C(C)(C)C)cc2)C2=C1CN(CC(=O)N1CCN(CCc3ccccc3)CC1)C2=O. The average molecular weight is 530 g/mol.